The van der Waals surface area contributed by atoms with Gasteiger partial charge in [-0.05, 0) is 54.8 Å². The molecular formula is C17H15FN2O2. The van der Waals surface area contributed by atoms with Crippen LogP contribution in [-0.2, 0) is 11.2 Å². The number of amides is 2. The van der Waals surface area contributed by atoms with Crippen LogP contribution >= 0.6 is 0 Å². The summed E-state index contributed by atoms with van der Waals surface area (Å²) in [5, 5.41) is 5.33. The van der Waals surface area contributed by atoms with Gasteiger partial charge in [0, 0.05) is 17.7 Å². The number of nitrogens with one attached hydrogen (secondary N) is 2. The number of hydrogen-bond donors (Lipinski definition) is 2. The number of halogens is 1. The quantitative estimate of drug-likeness (QED) is 0.894. The number of rotatable bonds is 2. The van der Waals surface area contributed by atoms with Crippen LogP contribution in [0.3, 0.4) is 0 Å². The van der Waals surface area contributed by atoms with Gasteiger partial charge in [0.15, 0.2) is 0 Å². The molecule has 4 nitrogen and oxygen atoms in total. The van der Waals surface area contributed by atoms with Gasteiger partial charge in [0.1, 0.15) is 5.82 Å². The molecule has 0 fully saturated rings. The lowest BCUT2D eigenvalue weighted by atomic mass is 10.00. The van der Waals surface area contributed by atoms with Crippen molar-refractivity contribution in [3.05, 3.63) is 58.9 Å². The standard InChI is InChI=1S/C17H15FN2O2/c1-10-2-5-15(13(18)8-10)20-17(22)12-3-6-14-11(9-12)4-7-16(21)19-14/h2-3,5-6,8-9H,4,7H2,1H3,(H,19,21)(H,20,22). The van der Waals surface area contributed by atoms with E-state index < -0.39 is 5.82 Å². The molecule has 1 aliphatic rings. The van der Waals surface area contributed by atoms with Gasteiger partial charge >= 0.3 is 0 Å². The SMILES string of the molecule is Cc1ccc(NC(=O)c2ccc3c(c2)CCC(=O)N3)c(F)c1. The van der Waals surface area contributed by atoms with Crippen molar-refractivity contribution in [3.63, 3.8) is 0 Å². The number of carbonyl (C=O) groups excluding carboxylic acids is 2. The average molecular weight is 298 g/mol. The van der Waals surface area contributed by atoms with E-state index in [4.69, 9.17) is 0 Å². The summed E-state index contributed by atoms with van der Waals surface area (Å²) in [6.07, 6.45) is 1.01. The van der Waals surface area contributed by atoms with E-state index in [0.29, 0.717) is 18.4 Å². The maximum absolute atomic E-state index is 13.8. The highest BCUT2D eigenvalue weighted by Gasteiger charge is 2.17. The van der Waals surface area contributed by atoms with E-state index >= 15 is 0 Å². The van der Waals surface area contributed by atoms with Crippen LogP contribution in [0, 0.1) is 12.7 Å². The van der Waals surface area contributed by atoms with Crippen LogP contribution in [0.25, 0.3) is 0 Å². The lowest BCUT2D eigenvalue weighted by Crippen LogP contribution is -2.20. The zero-order valence-corrected chi connectivity index (χ0v) is 12.1. The van der Waals surface area contributed by atoms with E-state index in [0.717, 1.165) is 16.8 Å². The zero-order valence-electron chi connectivity index (χ0n) is 12.1. The summed E-state index contributed by atoms with van der Waals surface area (Å²) in [7, 11) is 0. The van der Waals surface area contributed by atoms with E-state index in [9.17, 15) is 14.0 Å². The Labute approximate surface area is 127 Å². The third kappa shape index (κ3) is 2.83. The predicted molar refractivity (Wildman–Crippen MR) is 82.5 cm³/mol. The molecule has 2 aromatic carbocycles. The molecular weight excluding hydrogens is 283 g/mol. The second-order valence-corrected chi connectivity index (χ2v) is 5.36. The number of anilines is 2. The summed E-state index contributed by atoms with van der Waals surface area (Å²) in [6, 6.07) is 9.70. The Balaban J connectivity index is 1.82. The molecule has 0 atom stereocenters. The van der Waals surface area contributed by atoms with Gasteiger partial charge in [-0.1, -0.05) is 6.07 Å². The van der Waals surface area contributed by atoms with Crippen molar-refractivity contribution in [2.45, 2.75) is 19.8 Å². The molecule has 3 rings (SSSR count). The fourth-order valence-electron chi connectivity index (χ4n) is 2.44. The Morgan fingerprint density at radius 3 is 2.77 bits per heavy atom. The van der Waals surface area contributed by atoms with Crippen molar-refractivity contribution in [1.82, 2.24) is 0 Å². The van der Waals surface area contributed by atoms with Gasteiger partial charge in [-0.3, -0.25) is 9.59 Å². The van der Waals surface area contributed by atoms with Crippen molar-refractivity contribution < 1.29 is 14.0 Å². The molecule has 2 N–H and O–H groups in total. The molecule has 0 aliphatic carbocycles. The molecule has 0 saturated carbocycles. The lowest BCUT2D eigenvalue weighted by molar-refractivity contribution is -0.116. The Morgan fingerprint density at radius 2 is 2.00 bits per heavy atom. The van der Waals surface area contributed by atoms with E-state index in [-0.39, 0.29) is 17.5 Å². The normalized spacial score (nSPS) is 13.3. The highest BCUT2D eigenvalue weighted by molar-refractivity contribution is 6.05. The van der Waals surface area contributed by atoms with Gasteiger partial charge in [-0.15, -0.1) is 0 Å². The summed E-state index contributed by atoms with van der Waals surface area (Å²) in [6.45, 7) is 1.78. The molecule has 22 heavy (non-hydrogen) atoms. The van der Waals surface area contributed by atoms with Gasteiger partial charge in [0.25, 0.3) is 5.91 Å². The fourth-order valence-corrected chi connectivity index (χ4v) is 2.44. The predicted octanol–water partition coefficient (Wildman–Crippen LogP) is 3.27. The second-order valence-electron chi connectivity index (χ2n) is 5.36. The monoisotopic (exact) mass is 298 g/mol. The number of fused-ring (bicyclic) bond motifs is 1. The van der Waals surface area contributed by atoms with Gasteiger partial charge in [-0.25, -0.2) is 4.39 Å². The van der Waals surface area contributed by atoms with Crippen molar-refractivity contribution >= 4 is 23.2 Å². The first-order chi connectivity index (χ1) is 10.5. The molecule has 112 valence electrons. The van der Waals surface area contributed by atoms with Crippen LogP contribution < -0.4 is 10.6 Å². The summed E-state index contributed by atoms with van der Waals surface area (Å²) in [4.78, 5) is 23.6. The Kier molecular flexibility index (Phi) is 3.63. The molecule has 0 saturated heterocycles. The first-order valence-electron chi connectivity index (χ1n) is 7.03. The fraction of sp³-hybridized carbons (Fsp3) is 0.176. The molecule has 5 heteroatoms. The maximum atomic E-state index is 13.8. The van der Waals surface area contributed by atoms with Crippen LogP contribution in [-0.4, -0.2) is 11.8 Å². The molecule has 1 heterocycles. The Hall–Kier alpha value is -2.69. The lowest BCUT2D eigenvalue weighted by Gasteiger charge is -2.17. The largest absolute Gasteiger partial charge is 0.326 e. The smallest absolute Gasteiger partial charge is 0.255 e. The first kappa shape index (κ1) is 14.3. The number of carbonyl (C=O) groups is 2. The molecule has 0 aromatic heterocycles. The van der Waals surface area contributed by atoms with Crippen LogP contribution in [0.15, 0.2) is 36.4 Å². The molecule has 0 bridgehead atoms. The number of aryl methyl sites for hydroxylation is 2. The summed E-state index contributed by atoms with van der Waals surface area (Å²) < 4.78 is 13.8. The third-order valence-electron chi connectivity index (χ3n) is 3.64. The molecule has 0 spiro atoms. The highest BCUT2D eigenvalue weighted by Crippen LogP contribution is 2.24. The van der Waals surface area contributed by atoms with E-state index in [1.807, 2.05) is 0 Å². The minimum absolute atomic E-state index is 0.0218. The molecule has 0 unspecified atom stereocenters. The van der Waals surface area contributed by atoms with Gasteiger partial charge in [0.2, 0.25) is 5.91 Å². The molecule has 0 radical (unpaired) electrons. The van der Waals surface area contributed by atoms with Gasteiger partial charge < -0.3 is 10.6 Å². The van der Waals surface area contributed by atoms with E-state index in [1.165, 1.54) is 6.07 Å². The molecule has 2 amide bonds. The Morgan fingerprint density at radius 1 is 1.18 bits per heavy atom. The topological polar surface area (TPSA) is 58.2 Å². The van der Waals surface area contributed by atoms with Crippen molar-refractivity contribution in [1.29, 1.82) is 0 Å². The summed E-state index contributed by atoms with van der Waals surface area (Å²) in [5.41, 5.74) is 3.03. The average Bonchev–Trinajstić information content (AvgIpc) is 2.49. The van der Waals surface area contributed by atoms with Crippen molar-refractivity contribution in [2.75, 3.05) is 10.6 Å². The summed E-state index contributed by atoms with van der Waals surface area (Å²) >= 11 is 0. The number of hydrogen-bond acceptors (Lipinski definition) is 2. The maximum Gasteiger partial charge on any atom is 0.255 e. The van der Waals surface area contributed by atoms with Gasteiger partial charge in [0.05, 0.1) is 5.69 Å². The van der Waals surface area contributed by atoms with Gasteiger partial charge in [-0.2, -0.15) is 0 Å². The Bertz CT molecular complexity index is 771. The van der Waals surface area contributed by atoms with E-state index in [2.05, 4.69) is 10.6 Å². The summed E-state index contributed by atoms with van der Waals surface area (Å²) in [5.74, 6) is -0.854. The van der Waals surface area contributed by atoms with Crippen molar-refractivity contribution in [2.24, 2.45) is 0 Å². The molecule has 2 aromatic rings. The first-order valence-corrected chi connectivity index (χ1v) is 7.03. The zero-order chi connectivity index (χ0) is 15.7. The minimum Gasteiger partial charge on any atom is -0.326 e. The molecule has 1 aliphatic heterocycles. The van der Waals surface area contributed by atoms with Crippen LogP contribution in [0.4, 0.5) is 15.8 Å². The number of benzene rings is 2. The van der Waals surface area contributed by atoms with Crippen LogP contribution in [0.2, 0.25) is 0 Å². The highest BCUT2D eigenvalue weighted by atomic mass is 19.1. The van der Waals surface area contributed by atoms with Crippen LogP contribution in [0.5, 0.6) is 0 Å². The van der Waals surface area contributed by atoms with E-state index in [1.54, 1.807) is 37.3 Å². The van der Waals surface area contributed by atoms with Crippen molar-refractivity contribution in [3.8, 4) is 0 Å². The third-order valence-corrected chi connectivity index (χ3v) is 3.64. The van der Waals surface area contributed by atoms with Crippen LogP contribution in [0.1, 0.15) is 27.9 Å². The second kappa shape index (κ2) is 5.60. The minimum atomic E-state index is -0.460.